The lowest BCUT2D eigenvalue weighted by Gasteiger charge is -2.12. The first kappa shape index (κ1) is 9.72. The Kier molecular flexibility index (Phi) is 2.53. The molecule has 1 aliphatic heterocycles. The van der Waals surface area contributed by atoms with Gasteiger partial charge in [-0.2, -0.15) is 0 Å². The molecule has 84 valence electrons. The number of fused-ring (bicyclic) bond motifs is 1. The summed E-state index contributed by atoms with van der Waals surface area (Å²) in [7, 11) is 0. The van der Waals surface area contributed by atoms with Crippen molar-refractivity contribution in [1.82, 2.24) is 24.8 Å². The van der Waals surface area contributed by atoms with Gasteiger partial charge >= 0.3 is 0 Å². The standard InChI is InChI=1S/C11H15N5/c1-2-5-16(4-1)6-3-10-14-9-7-12-8-13-11(9)15-10/h7-8H,1-6H2,(H,12,13,14,15). The van der Waals surface area contributed by atoms with Gasteiger partial charge in [-0.25, -0.2) is 15.0 Å². The minimum Gasteiger partial charge on any atom is -0.339 e. The molecule has 3 heterocycles. The summed E-state index contributed by atoms with van der Waals surface area (Å²) in [5.74, 6) is 1.02. The normalized spacial score (nSPS) is 17.2. The van der Waals surface area contributed by atoms with Crippen LogP contribution in [0.25, 0.3) is 11.2 Å². The maximum atomic E-state index is 4.44. The Morgan fingerprint density at radius 1 is 1.31 bits per heavy atom. The van der Waals surface area contributed by atoms with Crippen LogP contribution in [-0.2, 0) is 6.42 Å². The van der Waals surface area contributed by atoms with E-state index in [0.717, 1.165) is 30.0 Å². The van der Waals surface area contributed by atoms with Crippen molar-refractivity contribution < 1.29 is 0 Å². The molecule has 1 saturated heterocycles. The minimum absolute atomic E-state index is 0.770. The fourth-order valence-corrected chi connectivity index (χ4v) is 2.20. The lowest BCUT2D eigenvalue weighted by molar-refractivity contribution is 0.341. The topological polar surface area (TPSA) is 57.7 Å². The Hall–Kier alpha value is -1.49. The van der Waals surface area contributed by atoms with Gasteiger partial charge in [0.2, 0.25) is 0 Å². The smallest absolute Gasteiger partial charge is 0.180 e. The molecule has 3 rings (SSSR count). The predicted molar refractivity (Wildman–Crippen MR) is 61.1 cm³/mol. The Bertz CT molecular complexity index is 439. The molecule has 0 spiro atoms. The zero-order chi connectivity index (χ0) is 10.8. The van der Waals surface area contributed by atoms with E-state index >= 15 is 0 Å². The average Bonchev–Trinajstić information content (AvgIpc) is 2.95. The third kappa shape index (κ3) is 1.90. The van der Waals surface area contributed by atoms with E-state index in [-0.39, 0.29) is 0 Å². The van der Waals surface area contributed by atoms with Crippen molar-refractivity contribution in [1.29, 1.82) is 0 Å². The molecule has 0 aliphatic carbocycles. The second-order valence-electron chi connectivity index (χ2n) is 4.24. The predicted octanol–water partition coefficient (Wildman–Crippen LogP) is 0.991. The van der Waals surface area contributed by atoms with Crippen molar-refractivity contribution in [3.05, 3.63) is 18.3 Å². The summed E-state index contributed by atoms with van der Waals surface area (Å²) in [5, 5.41) is 0. The third-order valence-corrected chi connectivity index (χ3v) is 3.07. The number of nitrogens with one attached hydrogen (secondary N) is 1. The monoisotopic (exact) mass is 217 g/mol. The van der Waals surface area contributed by atoms with Crippen molar-refractivity contribution >= 4 is 11.2 Å². The summed E-state index contributed by atoms with van der Waals surface area (Å²) >= 11 is 0. The van der Waals surface area contributed by atoms with Crippen LogP contribution in [0, 0.1) is 0 Å². The van der Waals surface area contributed by atoms with Gasteiger partial charge < -0.3 is 9.88 Å². The van der Waals surface area contributed by atoms with Crippen LogP contribution in [0.3, 0.4) is 0 Å². The molecule has 16 heavy (non-hydrogen) atoms. The number of aromatic nitrogens is 4. The first-order valence-electron chi connectivity index (χ1n) is 5.79. The Morgan fingerprint density at radius 3 is 3.00 bits per heavy atom. The molecule has 0 saturated carbocycles. The molecule has 1 N–H and O–H groups in total. The van der Waals surface area contributed by atoms with E-state index in [1.165, 1.54) is 32.3 Å². The molecule has 0 atom stereocenters. The minimum atomic E-state index is 0.770. The van der Waals surface area contributed by atoms with Crippen molar-refractivity contribution in [2.24, 2.45) is 0 Å². The zero-order valence-electron chi connectivity index (χ0n) is 9.19. The van der Waals surface area contributed by atoms with Gasteiger partial charge in [0.1, 0.15) is 17.7 Å². The van der Waals surface area contributed by atoms with Gasteiger partial charge in [0.15, 0.2) is 5.65 Å². The van der Waals surface area contributed by atoms with Crippen molar-refractivity contribution in [2.75, 3.05) is 19.6 Å². The molecule has 0 amide bonds. The quantitative estimate of drug-likeness (QED) is 0.833. The van der Waals surface area contributed by atoms with Crippen molar-refractivity contribution in [3.8, 4) is 0 Å². The summed E-state index contributed by atoms with van der Waals surface area (Å²) in [4.78, 5) is 18.3. The van der Waals surface area contributed by atoms with E-state index in [0.29, 0.717) is 0 Å². The number of aromatic amines is 1. The molecular formula is C11H15N5. The van der Waals surface area contributed by atoms with Crippen LogP contribution >= 0.6 is 0 Å². The van der Waals surface area contributed by atoms with Gasteiger partial charge in [-0.15, -0.1) is 0 Å². The van der Waals surface area contributed by atoms with Crippen LogP contribution in [0.5, 0.6) is 0 Å². The Labute approximate surface area is 93.9 Å². The number of nitrogens with zero attached hydrogens (tertiary/aromatic N) is 4. The van der Waals surface area contributed by atoms with E-state index < -0.39 is 0 Å². The van der Waals surface area contributed by atoms with E-state index in [9.17, 15) is 0 Å². The summed E-state index contributed by atoms with van der Waals surface area (Å²) in [5.41, 5.74) is 1.70. The molecule has 5 heteroatoms. The van der Waals surface area contributed by atoms with Crippen LogP contribution in [-0.4, -0.2) is 44.5 Å². The summed E-state index contributed by atoms with van der Waals surface area (Å²) in [6, 6.07) is 0. The molecule has 1 fully saturated rings. The summed E-state index contributed by atoms with van der Waals surface area (Å²) in [6.07, 6.45) is 6.95. The van der Waals surface area contributed by atoms with Crippen molar-refractivity contribution in [3.63, 3.8) is 0 Å². The summed E-state index contributed by atoms with van der Waals surface area (Å²) < 4.78 is 0. The zero-order valence-corrected chi connectivity index (χ0v) is 9.19. The van der Waals surface area contributed by atoms with Crippen LogP contribution in [0.2, 0.25) is 0 Å². The SMILES string of the molecule is c1ncc2[nH]c(CCN3CCCC3)nc2n1. The van der Waals surface area contributed by atoms with Gasteiger partial charge in [0, 0.05) is 13.0 Å². The third-order valence-electron chi connectivity index (χ3n) is 3.07. The molecular weight excluding hydrogens is 202 g/mol. The molecule has 0 radical (unpaired) electrons. The number of hydrogen-bond donors (Lipinski definition) is 1. The van der Waals surface area contributed by atoms with Gasteiger partial charge in [-0.1, -0.05) is 0 Å². The fourth-order valence-electron chi connectivity index (χ4n) is 2.20. The number of imidazole rings is 1. The molecule has 2 aromatic heterocycles. The van der Waals surface area contributed by atoms with Gasteiger partial charge in [0.25, 0.3) is 0 Å². The van der Waals surface area contributed by atoms with Crippen LogP contribution in [0.1, 0.15) is 18.7 Å². The highest BCUT2D eigenvalue weighted by Crippen LogP contribution is 2.10. The van der Waals surface area contributed by atoms with Gasteiger partial charge in [0.05, 0.1) is 6.20 Å². The van der Waals surface area contributed by atoms with Gasteiger partial charge in [-0.05, 0) is 25.9 Å². The van der Waals surface area contributed by atoms with Crippen LogP contribution in [0.15, 0.2) is 12.5 Å². The second kappa shape index (κ2) is 4.17. The molecule has 0 unspecified atom stereocenters. The maximum Gasteiger partial charge on any atom is 0.180 e. The van der Waals surface area contributed by atoms with Crippen LogP contribution < -0.4 is 0 Å². The molecule has 0 bridgehead atoms. The largest absolute Gasteiger partial charge is 0.339 e. The second-order valence-corrected chi connectivity index (χ2v) is 4.24. The maximum absolute atomic E-state index is 4.44. The number of hydrogen-bond acceptors (Lipinski definition) is 4. The highest BCUT2D eigenvalue weighted by atomic mass is 15.1. The van der Waals surface area contributed by atoms with Crippen LogP contribution in [0.4, 0.5) is 0 Å². The fraction of sp³-hybridized carbons (Fsp3) is 0.545. The first-order valence-corrected chi connectivity index (χ1v) is 5.79. The van der Waals surface area contributed by atoms with E-state index in [4.69, 9.17) is 0 Å². The number of rotatable bonds is 3. The summed E-state index contributed by atoms with van der Waals surface area (Å²) in [6.45, 7) is 3.56. The first-order chi connectivity index (χ1) is 7.92. The Morgan fingerprint density at radius 2 is 2.19 bits per heavy atom. The Balaban J connectivity index is 1.69. The van der Waals surface area contributed by atoms with E-state index in [1.54, 1.807) is 6.20 Å². The molecule has 0 aromatic carbocycles. The number of H-pyrrole nitrogens is 1. The highest BCUT2D eigenvalue weighted by molar-refractivity contribution is 5.68. The van der Waals surface area contributed by atoms with E-state index in [2.05, 4.69) is 24.8 Å². The average molecular weight is 217 g/mol. The molecule has 2 aromatic rings. The molecule has 1 aliphatic rings. The lowest BCUT2D eigenvalue weighted by Crippen LogP contribution is -2.22. The number of likely N-dealkylation sites (tertiary alicyclic amines) is 1. The lowest BCUT2D eigenvalue weighted by atomic mass is 10.4. The van der Waals surface area contributed by atoms with Gasteiger partial charge in [-0.3, -0.25) is 0 Å². The van der Waals surface area contributed by atoms with E-state index in [1.807, 2.05) is 0 Å². The van der Waals surface area contributed by atoms with Crippen molar-refractivity contribution in [2.45, 2.75) is 19.3 Å². The molecule has 5 nitrogen and oxygen atoms in total. The highest BCUT2D eigenvalue weighted by Gasteiger charge is 2.12.